The molecular formula is C16H19N7O2. The second kappa shape index (κ2) is 7.56. The highest BCUT2D eigenvalue weighted by atomic mass is 16.1. The van der Waals surface area contributed by atoms with E-state index in [1.807, 2.05) is 12.1 Å². The van der Waals surface area contributed by atoms with E-state index in [1.54, 1.807) is 23.2 Å². The predicted octanol–water partition coefficient (Wildman–Crippen LogP) is 0.852. The van der Waals surface area contributed by atoms with E-state index in [2.05, 4.69) is 30.7 Å². The van der Waals surface area contributed by atoms with Gasteiger partial charge in [-0.2, -0.15) is 10.1 Å². The zero-order chi connectivity index (χ0) is 17.6. The van der Waals surface area contributed by atoms with E-state index in [0.29, 0.717) is 32.1 Å². The van der Waals surface area contributed by atoms with Gasteiger partial charge in [-0.05, 0) is 24.3 Å². The first-order valence-corrected chi connectivity index (χ1v) is 7.93. The van der Waals surface area contributed by atoms with Gasteiger partial charge in [0.25, 0.3) is 0 Å². The molecule has 130 valence electrons. The molecule has 0 saturated carbocycles. The monoisotopic (exact) mass is 341 g/mol. The number of aromatic nitrogens is 3. The van der Waals surface area contributed by atoms with Crippen LogP contribution in [0.5, 0.6) is 0 Å². The van der Waals surface area contributed by atoms with Crippen molar-refractivity contribution < 1.29 is 9.59 Å². The van der Waals surface area contributed by atoms with Gasteiger partial charge in [0.05, 0.1) is 6.20 Å². The Hall–Kier alpha value is -3.23. The molecule has 3 rings (SSSR count). The Morgan fingerprint density at radius 3 is 2.44 bits per heavy atom. The fourth-order valence-electron chi connectivity index (χ4n) is 2.53. The third-order valence-electron chi connectivity index (χ3n) is 3.79. The van der Waals surface area contributed by atoms with Gasteiger partial charge in [-0.1, -0.05) is 0 Å². The van der Waals surface area contributed by atoms with Crippen LogP contribution in [0.1, 0.15) is 6.92 Å². The van der Waals surface area contributed by atoms with Crippen LogP contribution in [0.3, 0.4) is 0 Å². The second-order valence-electron chi connectivity index (χ2n) is 5.65. The SMILES string of the molecule is CC(=O)Nc1ccc(Nc2nncc(N3CCN(C=O)CC3)n2)cc1. The van der Waals surface area contributed by atoms with Crippen LogP contribution in [-0.4, -0.2) is 58.6 Å². The van der Waals surface area contributed by atoms with Crippen LogP contribution in [0, 0.1) is 0 Å². The molecule has 1 fully saturated rings. The third kappa shape index (κ3) is 4.40. The maximum atomic E-state index is 11.0. The molecule has 0 atom stereocenters. The number of piperazine rings is 1. The Morgan fingerprint density at radius 2 is 1.80 bits per heavy atom. The Bertz CT molecular complexity index is 742. The lowest BCUT2D eigenvalue weighted by Crippen LogP contribution is -2.46. The van der Waals surface area contributed by atoms with Gasteiger partial charge in [-0.3, -0.25) is 9.59 Å². The highest BCUT2D eigenvalue weighted by Gasteiger charge is 2.17. The highest BCUT2D eigenvalue weighted by Crippen LogP contribution is 2.18. The summed E-state index contributed by atoms with van der Waals surface area (Å²) >= 11 is 0. The average molecular weight is 341 g/mol. The first-order chi connectivity index (χ1) is 12.1. The Kier molecular flexibility index (Phi) is 5.03. The molecule has 2 N–H and O–H groups in total. The van der Waals surface area contributed by atoms with Crippen molar-refractivity contribution in [2.45, 2.75) is 6.92 Å². The molecule has 1 aromatic heterocycles. The van der Waals surface area contributed by atoms with Crippen LogP contribution in [0.25, 0.3) is 0 Å². The molecular weight excluding hydrogens is 322 g/mol. The number of benzene rings is 1. The molecule has 1 saturated heterocycles. The molecule has 0 spiro atoms. The topological polar surface area (TPSA) is 103 Å². The summed E-state index contributed by atoms with van der Waals surface area (Å²) in [5, 5.41) is 13.8. The maximum absolute atomic E-state index is 11.0. The van der Waals surface area contributed by atoms with Gasteiger partial charge >= 0.3 is 0 Å². The van der Waals surface area contributed by atoms with Crippen molar-refractivity contribution >= 4 is 35.5 Å². The van der Waals surface area contributed by atoms with Gasteiger partial charge in [-0.15, -0.1) is 5.10 Å². The van der Waals surface area contributed by atoms with E-state index >= 15 is 0 Å². The molecule has 9 nitrogen and oxygen atoms in total. The van der Waals surface area contributed by atoms with Gasteiger partial charge in [0.1, 0.15) is 0 Å². The fourth-order valence-corrected chi connectivity index (χ4v) is 2.53. The van der Waals surface area contributed by atoms with Crippen molar-refractivity contribution in [1.82, 2.24) is 20.1 Å². The molecule has 1 aliphatic heterocycles. The van der Waals surface area contributed by atoms with Gasteiger partial charge in [0, 0.05) is 44.5 Å². The summed E-state index contributed by atoms with van der Waals surface area (Å²) < 4.78 is 0. The second-order valence-corrected chi connectivity index (χ2v) is 5.65. The highest BCUT2D eigenvalue weighted by molar-refractivity contribution is 5.88. The first-order valence-electron chi connectivity index (χ1n) is 7.93. The standard InChI is InChI=1S/C16H19N7O2/c1-12(25)18-13-2-4-14(5-3-13)19-16-20-15(10-17-21-16)23-8-6-22(11-24)7-9-23/h2-5,10-11H,6-9H2,1H3,(H,18,25)(H,19,20,21). The number of hydrogen-bond donors (Lipinski definition) is 2. The van der Waals surface area contributed by atoms with E-state index in [4.69, 9.17) is 0 Å². The summed E-state index contributed by atoms with van der Waals surface area (Å²) in [5.74, 6) is 0.996. The summed E-state index contributed by atoms with van der Waals surface area (Å²) in [6, 6.07) is 7.23. The lowest BCUT2D eigenvalue weighted by molar-refractivity contribution is -0.118. The Morgan fingerprint density at radius 1 is 1.12 bits per heavy atom. The molecule has 2 aromatic rings. The summed E-state index contributed by atoms with van der Waals surface area (Å²) in [5.41, 5.74) is 1.51. The average Bonchev–Trinajstić information content (AvgIpc) is 2.63. The predicted molar refractivity (Wildman–Crippen MR) is 93.7 cm³/mol. The van der Waals surface area contributed by atoms with E-state index in [0.717, 1.165) is 23.6 Å². The third-order valence-corrected chi connectivity index (χ3v) is 3.79. The molecule has 1 aliphatic rings. The Labute approximate surface area is 145 Å². The van der Waals surface area contributed by atoms with E-state index in [9.17, 15) is 9.59 Å². The summed E-state index contributed by atoms with van der Waals surface area (Å²) in [6.07, 6.45) is 2.48. The van der Waals surface area contributed by atoms with Crippen LogP contribution in [0.15, 0.2) is 30.5 Å². The van der Waals surface area contributed by atoms with Gasteiger partial charge < -0.3 is 20.4 Å². The smallest absolute Gasteiger partial charge is 0.249 e. The van der Waals surface area contributed by atoms with Gasteiger partial charge in [0.2, 0.25) is 18.3 Å². The molecule has 0 radical (unpaired) electrons. The van der Waals surface area contributed by atoms with Gasteiger partial charge in [-0.25, -0.2) is 0 Å². The largest absolute Gasteiger partial charge is 0.352 e. The lowest BCUT2D eigenvalue weighted by atomic mass is 10.3. The first kappa shape index (κ1) is 16.6. The van der Waals surface area contributed by atoms with Crippen LogP contribution >= 0.6 is 0 Å². The fraction of sp³-hybridized carbons (Fsp3) is 0.312. The van der Waals surface area contributed by atoms with Crippen molar-refractivity contribution in [1.29, 1.82) is 0 Å². The number of anilines is 4. The van der Waals surface area contributed by atoms with Crippen LogP contribution in [0.4, 0.5) is 23.1 Å². The zero-order valence-corrected chi connectivity index (χ0v) is 13.8. The molecule has 0 aliphatic carbocycles. The molecule has 25 heavy (non-hydrogen) atoms. The molecule has 1 aromatic carbocycles. The van der Waals surface area contributed by atoms with Crippen molar-refractivity contribution in [3.8, 4) is 0 Å². The van der Waals surface area contributed by atoms with Crippen molar-refractivity contribution in [3.05, 3.63) is 30.5 Å². The number of carbonyl (C=O) groups excluding carboxylic acids is 2. The number of nitrogens with zero attached hydrogens (tertiary/aromatic N) is 5. The quantitative estimate of drug-likeness (QED) is 0.777. The number of hydrogen-bond acceptors (Lipinski definition) is 7. The van der Waals surface area contributed by atoms with E-state index < -0.39 is 0 Å². The minimum atomic E-state index is -0.115. The molecule has 2 heterocycles. The van der Waals surface area contributed by atoms with E-state index in [-0.39, 0.29) is 5.91 Å². The summed E-state index contributed by atoms with van der Waals surface area (Å²) in [7, 11) is 0. The molecule has 0 unspecified atom stereocenters. The minimum Gasteiger partial charge on any atom is -0.352 e. The normalized spacial score (nSPS) is 14.1. The lowest BCUT2D eigenvalue weighted by Gasteiger charge is -2.33. The van der Waals surface area contributed by atoms with Crippen molar-refractivity contribution in [2.75, 3.05) is 41.7 Å². The molecule has 0 bridgehead atoms. The van der Waals surface area contributed by atoms with Crippen LogP contribution in [-0.2, 0) is 9.59 Å². The van der Waals surface area contributed by atoms with Crippen LogP contribution in [0.2, 0.25) is 0 Å². The molecule has 2 amide bonds. The minimum absolute atomic E-state index is 0.115. The maximum Gasteiger partial charge on any atom is 0.249 e. The molecule has 9 heteroatoms. The number of rotatable bonds is 5. The van der Waals surface area contributed by atoms with Crippen molar-refractivity contribution in [2.24, 2.45) is 0 Å². The van der Waals surface area contributed by atoms with E-state index in [1.165, 1.54) is 6.92 Å². The zero-order valence-electron chi connectivity index (χ0n) is 13.8. The number of carbonyl (C=O) groups is 2. The summed E-state index contributed by atoms with van der Waals surface area (Å²) in [6.45, 7) is 4.22. The number of amides is 2. The Balaban J connectivity index is 1.65. The van der Waals surface area contributed by atoms with Gasteiger partial charge in [0.15, 0.2) is 5.82 Å². The van der Waals surface area contributed by atoms with Crippen molar-refractivity contribution in [3.63, 3.8) is 0 Å². The van der Waals surface area contributed by atoms with Crippen LogP contribution < -0.4 is 15.5 Å². The summed E-state index contributed by atoms with van der Waals surface area (Å²) in [4.78, 5) is 30.1. The number of nitrogens with one attached hydrogen (secondary N) is 2.